The summed E-state index contributed by atoms with van der Waals surface area (Å²) in [5, 5.41) is 0. The highest BCUT2D eigenvalue weighted by Crippen LogP contribution is 2.36. The number of piperazine rings is 1. The van der Waals surface area contributed by atoms with Crippen LogP contribution in [0.25, 0.3) is 11.1 Å². The van der Waals surface area contributed by atoms with Gasteiger partial charge in [-0.2, -0.15) is 13.2 Å². The van der Waals surface area contributed by atoms with Crippen molar-refractivity contribution in [3.05, 3.63) is 83.7 Å². The minimum atomic E-state index is -4.52. The third-order valence-corrected chi connectivity index (χ3v) is 7.58. The van der Waals surface area contributed by atoms with E-state index in [1.54, 1.807) is 23.1 Å². The molecule has 0 saturated carbocycles. The molecule has 0 radical (unpaired) electrons. The number of anilines is 1. The summed E-state index contributed by atoms with van der Waals surface area (Å²) in [5.41, 5.74) is 1.95. The zero-order valence-corrected chi connectivity index (χ0v) is 21.5. The molecule has 1 amide bonds. The zero-order chi connectivity index (χ0) is 27.7. The van der Waals surface area contributed by atoms with Gasteiger partial charge in [0.15, 0.2) is 15.9 Å². The lowest BCUT2D eigenvalue weighted by Crippen LogP contribution is -2.49. The predicted octanol–water partition coefficient (Wildman–Crippen LogP) is 5.11. The number of nitrogens with zero attached hydrogens (tertiary/aromatic N) is 2. The second-order valence-electron chi connectivity index (χ2n) is 9.01. The van der Waals surface area contributed by atoms with Gasteiger partial charge < -0.3 is 14.5 Å². The van der Waals surface area contributed by atoms with Gasteiger partial charge in [0.05, 0.1) is 4.90 Å². The molecule has 1 heterocycles. The van der Waals surface area contributed by atoms with Crippen molar-refractivity contribution in [2.45, 2.75) is 17.2 Å². The van der Waals surface area contributed by atoms with Crippen molar-refractivity contribution in [1.82, 2.24) is 4.90 Å². The first kappa shape index (κ1) is 27.6. The highest BCUT2D eigenvalue weighted by molar-refractivity contribution is 7.90. The van der Waals surface area contributed by atoms with E-state index in [1.807, 2.05) is 4.90 Å². The molecular weight excluding hydrogens is 524 g/mol. The fraction of sp³-hybridized carbons (Fsp3) is 0.296. The number of alkyl halides is 3. The van der Waals surface area contributed by atoms with E-state index in [-0.39, 0.29) is 21.9 Å². The Bertz CT molecular complexity index is 1400. The van der Waals surface area contributed by atoms with E-state index in [0.29, 0.717) is 43.0 Å². The lowest BCUT2D eigenvalue weighted by molar-refractivity contribution is -0.215. The Morgan fingerprint density at radius 1 is 0.921 bits per heavy atom. The lowest BCUT2D eigenvalue weighted by atomic mass is 9.98. The van der Waals surface area contributed by atoms with Gasteiger partial charge in [0.25, 0.3) is 5.91 Å². The first-order valence-electron chi connectivity index (χ1n) is 11.7. The van der Waals surface area contributed by atoms with Crippen LogP contribution in [0.5, 0.6) is 0 Å². The van der Waals surface area contributed by atoms with E-state index in [2.05, 4.69) is 4.74 Å². The molecule has 1 fully saturated rings. The summed E-state index contributed by atoms with van der Waals surface area (Å²) in [4.78, 5) is 17.1. The summed E-state index contributed by atoms with van der Waals surface area (Å²) in [6.45, 7) is 1.48. The summed E-state index contributed by atoms with van der Waals surface area (Å²) in [7, 11) is -2.57. The predicted molar refractivity (Wildman–Crippen MR) is 135 cm³/mol. The smallest absolute Gasteiger partial charge is 0.368 e. The number of benzene rings is 3. The minimum absolute atomic E-state index is 0.00124. The van der Waals surface area contributed by atoms with Gasteiger partial charge in [-0.3, -0.25) is 4.79 Å². The Morgan fingerprint density at radius 2 is 1.53 bits per heavy atom. The van der Waals surface area contributed by atoms with E-state index in [0.717, 1.165) is 13.4 Å². The molecule has 6 nitrogen and oxygen atoms in total. The Morgan fingerprint density at radius 3 is 2.05 bits per heavy atom. The third-order valence-electron chi connectivity index (χ3n) is 6.47. The first-order chi connectivity index (χ1) is 17.9. The average molecular weight is 551 g/mol. The van der Waals surface area contributed by atoms with Crippen molar-refractivity contribution in [3.8, 4) is 11.1 Å². The lowest BCUT2D eigenvalue weighted by Gasteiger charge is -2.36. The largest absolute Gasteiger partial charge is 0.418 e. The third kappa shape index (κ3) is 5.99. The van der Waals surface area contributed by atoms with Crippen molar-refractivity contribution in [1.29, 1.82) is 0 Å². The van der Waals surface area contributed by atoms with Crippen molar-refractivity contribution in [3.63, 3.8) is 0 Å². The number of ether oxygens (including phenoxy) is 1. The molecule has 202 valence electrons. The summed E-state index contributed by atoms with van der Waals surface area (Å²) in [5.74, 6) is -0.798. The number of carbonyl (C=O) groups excluding carboxylic acids is 1. The number of amides is 1. The van der Waals surface area contributed by atoms with Crippen LogP contribution in [0.2, 0.25) is 0 Å². The normalized spacial score (nSPS) is 15.4. The fourth-order valence-corrected chi connectivity index (χ4v) is 5.12. The van der Waals surface area contributed by atoms with E-state index in [9.17, 15) is 30.8 Å². The number of rotatable bonds is 6. The molecule has 3 aromatic rings. The standard InChI is InChI=1S/C27H26F4N2O4S/c1-37-25(27(29,30)31)19-5-9-21(10-6-19)32-13-15-33(16-14-32)26(34)24-17-22(38(2,35)36)11-12-23(24)18-3-7-20(28)8-4-18/h3-12,17,25H,13-16H2,1-2H3. The van der Waals surface area contributed by atoms with Crippen molar-refractivity contribution >= 4 is 21.4 Å². The molecule has 0 bridgehead atoms. The Balaban J connectivity index is 1.53. The summed E-state index contributed by atoms with van der Waals surface area (Å²) >= 11 is 0. The monoisotopic (exact) mass is 550 g/mol. The first-order valence-corrected chi connectivity index (χ1v) is 13.6. The molecule has 1 unspecified atom stereocenters. The Hall–Kier alpha value is -3.44. The Labute approximate surface area is 218 Å². The average Bonchev–Trinajstić information content (AvgIpc) is 2.88. The molecule has 0 N–H and O–H groups in total. The number of carbonyl (C=O) groups is 1. The van der Waals surface area contributed by atoms with Crippen LogP contribution >= 0.6 is 0 Å². The second-order valence-corrected chi connectivity index (χ2v) is 11.0. The van der Waals surface area contributed by atoms with Crippen LogP contribution in [0, 0.1) is 5.82 Å². The topological polar surface area (TPSA) is 66.9 Å². The van der Waals surface area contributed by atoms with Crippen molar-refractivity contribution < 1.29 is 35.5 Å². The molecular formula is C27H26F4N2O4S. The number of methoxy groups -OCH3 is 1. The van der Waals surface area contributed by atoms with Crippen LogP contribution in [0.3, 0.4) is 0 Å². The maximum absolute atomic E-state index is 13.5. The highest BCUT2D eigenvalue weighted by atomic mass is 32.2. The summed E-state index contributed by atoms with van der Waals surface area (Å²) in [6, 6.07) is 15.8. The number of hydrogen-bond donors (Lipinski definition) is 0. The fourth-order valence-electron chi connectivity index (χ4n) is 4.47. The molecule has 0 spiro atoms. The maximum Gasteiger partial charge on any atom is 0.418 e. The van der Waals surface area contributed by atoms with Crippen LogP contribution in [0.15, 0.2) is 71.6 Å². The van der Waals surface area contributed by atoms with Crippen LogP contribution in [0.1, 0.15) is 22.0 Å². The highest BCUT2D eigenvalue weighted by Gasteiger charge is 2.41. The Kier molecular flexibility index (Phi) is 7.80. The van der Waals surface area contributed by atoms with E-state index < -0.39 is 27.9 Å². The molecule has 0 aliphatic carbocycles. The van der Waals surface area contributed by atoms with Gasteiger partial charge in [0.1, 0.15) is 5.82 Å². The van der Waals surface area contributed by atoms with Crippen LogP contribution in [-0.2, 0) is 14.6 Å². The summed E-state index contributed by atoms with van der Waals surface area (Å²) in [6.07, 6.45) is -5.48. The van der Waals surface area contributed by atoms with Crippen LogP contribution in [-0.4, -0.2) is 64.9 Å². The van der Waals surface area contributed by atoms with Gasteiger partial charge >= 0.3 is 6.18 Å². The molecule has 38 heavy (non-hydrogen) atoms. The molecule has 1 atom stereocenters. The SMILES string of the molecule is COC(c1ccc(N2CCN(C(=O)c3cc(S(C)(=O)=O)ccc3-c3ccc(F)cc3)CC2)cc1)C(F)(F)F. The van der Waals surface area contributed by atoms with Gasteiger partial charge in [-0.25, -0.2) is 12.8 Å². The number of sulfone groups is 1. The zero-order valence-electron chi connectivity index (χ0n) is 20.7. The van der Waals surface area contributed by atoms with E-state index >= 15 is 0 Å². The van der Waals surface area contributed by atoms with E-state index in [1.165, 1.54) is 48.5 Å². The molecule has 1 saturated heterocycles. The van der Waals surface area contributed by atoms with Gasteiger partial charge in [0.2, 0.25) is 0 Å². The number of halogens is 4. The minimum Gasteiger partial charge on any atom is -0.368 e. The van der Waals surface area contributed by atoms with Gasteiger partial charge in [0, 0.05) is 50.8 Å². The maximum atomic E-state index is 13.5. The molecule has 11 heteroatoms. The van der Waals surface area contributed by atoms with Crippen molar-refractivity contribution in [2.24, 2.45) is 0 Å². The van der Waals surface area contributed by atoms with E-state index in [4.69, 9.17) is 0 Å². The molecule has 1 aliphatic rings. The van der Waals surface area contributed by atoms with Crippen molar-refractivity contribution in [2.75, 3.05) is 44.4 Å². The molecule has 3 aromatic carbocycles. The van der Waals surface area contributed by atoms with Gasteiger partial charge in [-0.15, -0.1) is 0 Å². The molecule has 1 aliphatic heterocycles. The quantitative estimate of drug-likeness (QED) is 0.399. The van der Waals surface area contributed by atoms with Gasteiger partial charge in [-0.1, -0.05) is 30.3 Å². The number of hydrogen-bond acceptors (Lipinski definition) is 5. The molecule has 0 aromatic heterocycles. The second kappa shape index (κ2) is 10.7. The molecule has 4 rings (SSSR count). The van der Waals surface area contributed by atoms with Crippen LogP contribution in [0.4, 0.5) is 23.2 Å². The van der Waals surface area contributed by atoms with Gasteiger partial charge in [-0.05, 0) is 53.1 Å². The summed E-state index contributed by atoms with van der Waals surface area (Å²) < 4.78 is 81.8. The van der Waals surface area contributed by atoms with Crippen LogP contribution < -0.4 is 4.90 Å².